The molecule has 0 aliphatic carbocycles. The molecule has 0 spiro atoms. The Morgan fingerprint density at radius 1 is 1.13 bits per heavy atom. The highest BCUT2D eigenvalue weighted by molar-refractivity contribution is 4.88. The molecule has 0 unspecified atom stereocenters. The SMILES string of the molecule is NCCO[C@@H]1O[C@H](CO)[C@@H](O)[C@H](O)[C@H]1O. The van der Waals surface area contributed by atoms with Crippen LogP contribution in [0.5, 0.6) is 0 Å². The van der Waals surface area contributed by atoms with E-state index in [4.69, 9.17) is 20.3 Å². The van der Waals surface area contributed by atoms with Gasteiger partial charge in [0.25, 0.3) is 0 Å². The molecule has 6 N–H and O–H groups in total. The fraction of sp³-hybridized carbons (Fsp3) is 1.00. The van der Waals surface area contributed by atoms with Gasteiger partial charge in [-0.05, 0) is 0 Å². The van der Waals surface area contributed by atoms with Gasteiger partial charge in [0.15, 0.2) is 6.29 Å². The van der Waals surface area contributed by atoms with E-state index in [2.05, 4.69) is 0 Å². The van der Waals surface area contributed by atoms with Crippen molar-refractivity contribution in [2.24, 2.45) is 5.73 Å². The molecular weight excluding hydrogens is 206 g/mol. The Bertz CT molecular complexity index is 190. The first-order chi connectivity index (χ1) is 7.11. The second-order valence-corrected chi connectivity index (χ2v) is 3.36. The molecule has 0 aromatic rings. The highest BCUT2D eigenvalue weighted by Crippen LogP contribution is 2.21. The summed E-state index contributed by atoms with van der Waals surface area (Å²) in [5.41, 5.74) is 5.20. The molecule has 7 heteroatoms. The standard InChI is InChI=1S/C8H17NO6/c9-1-2-14-8-7(13)6(12)5(11)4(3-10)15-8/h4-8,10-13H,1-3,9H2/t4-,5-,6+,7-,8-/m1/s1. The van der Waals surface area contributed by atoms with Crippen LogP contribution < -0.4 is 5.73 Å². The van der Waals surface area contributed by atoms with Gasteiger partial charge in [0, 0.05) is 6.54 Å². The minimum Gasteiger partial charge on any atom is -0.394 e. The fourth-order valence-corrected chi connectivity index (χ4v) is 1.39. The average molecular weight is 223 g/mol. The molecule has 7 nitrogen and oxygen atoms in total. The summed E-state index contributed by atoms with van der Waals surface area (Å²) in [6.07, 6.45) is -6.13. The van der Waals surface area contributed by atoms with E-state index in [1.165, 1.54) is 0 Å². The number of rotatable bonds is 4. The van der Waals surface area contributed by atoms with E-state index in [-0.39, 0.29) is 13.2 Å². The molecule has 1 aliphatic heterocycles. The van der Waals surface area contributed by atoms with E-state index in [0.29, 0.717) is 0 Å². The lowest BCUT2D eigenvalue weighted by Gasteiger charge is -2.39. The molecule has 0 radical (unpaired) electrons. The minimum absolute atomic E-state index is 0.155. The number of aliphatic hydroxyl groups excluding tert-OH is 4. The van der Waals surface area contributed by atoms with Gasteiger partial charge < -0.3 is 35.6 Å². The third kappa shape index (κ3) is 2.85. The molecule has 0 aromatic carbocycles. The summed E-state index contributed by atoms with van der Waals surface area (Å²) in [6, 6.07) is 0. The van der Waals surface area contributed by atoms with Crippen molar-refractivity contribution in [3.63, 3.8) is 0 Å². The van der Waals surface area contributed by atoms with Crippen molar-refractivity contribution in [2.45, 2.75) is 30.7 Å². The molecule has 0 amide bonds. The predicted molar refractivity (Wildman–Crippen MR) is 48.8 cm³/mol. The van der Waals surface area contributed by atoms with E-state index in [1.807, 2.05) is 0 Å². The van der Waals surface area contributed by atoms with E-state index in [1.54, 1.807) is 0 Å². The Balaban J connectivity index is 2.57. The Morgan fingerprint density at radius 3 is 2.33 bits per heavy atom. The van der Waals surface area contributed by atoms with Crippen molar-refractivity contribution >= 4 is 0 Å². The van der Waals surface area contributed by atoms with Gasteiger partial charge in [0.05, 0.1) is 13.2 Å². The maximum atomic E-state index is 9.47. The van der Waals surface area contributed by atoms with Gasteiger partial charge in [-0.3, -0.25) is 0 Å². The molecule has 15 heavy (non-hydrogen) atoms. The van der Waals surface area contributed by atoms with Crippen LogP contribution in [0, 0.1) is 0 Å². The normalized spacial score (nSPS) is 41.8. The Labute approximate surface area is 87.0 Å². The van der Waals surface area contributed by atoms with Gasteiger partial charge in [-0.15, -0.1) is 0 Å². The summed E-state index contributed by atoms with van der Waals surface area (Å²) >= 11 is 0. The molecule has 0 bridgehead atoms. The first-order valence-electron chi connectivity index (χ1n) is 4.74. The number of hydrogen-bond donors (Lipinski definition) is 5. The van der Waals surface area contributed by atoms with Crippen molar-refractivity contribution in [3.8, 4) is 0 Å². The van der Waals surface area contributed by atoms with Crippen LogP contribution in [-0.2, 0) is 9.47 Å². The number of nitrogens with two attached hydrogens (primary N) is 1. The molecule has 1 aliphatic rings. The van der Waals surface area contributed by atoms with Crippen LogP contribution in [0.25, 0.3) is 0 Å². The molecule has 5 atom stereocenters. The van der Waals surface area contributed by atoms with Crippen LogP contribution in [-0.4, -0.2) is 70.9 Å². The van der Waals surface area contributed by atoms with Crippen LogP contribution in [0.2, 0.25) is 0 Å². The van der Waals surface area contributed by atoms with Gasteiger partial charge >= 0.3 is 0 Å². The lowest BCUT2D eigenvalue weighted by Crippen LogP contribution is -2.59. The minimum atomic E-state index is -1.40. The first-order valence-corrected chi connectivity index (χ1v) is 4.74. The van der Waals surface area contributed by atoms with Gasteiger partial charge in [0.2, 0.25) is 0 Å². The van der Waals surface area contributed by atoms with Crippen LogP contribution >= 0.6 is 0 Å². The molecule has 1 heterocycles. The summed E-state index contributed by atoms with van der Waals surface area (Å²) in [7, 11) is 0. The Hall–Kier alpha value is -0.280. The second kappa shape index (κ2) is 5.71. The van der Waals surface area contributed by atoms with Crippen molar-refractivity contribution < 1.29 is 29.9 Å². The number of ether oxygens (including phenoxy) is 2. The average Bonchev–Trinajstić information content (AvgIpc) is 2.25. The zero-order chi connectivity index (χ0) is 11.4. The van der Waals surface area contributed by atoms with Gasteiger partial charge in [-0.1, -0.05) is 0 Å². The molecule has 0 aromatic heterocycles. The maximum absolute atomic E-state index is 9.47. The fourth-order valence-electron chi connectivity index (χ4n) is 1.39. The molecule has 0 saturated carbocycles. The van der Waals surface area contributed by atoms with Crippen molar-refractivity contribution in [1.82, 2.24) is 0 Å². The largest absolute Gasteiger partial charge is 0.394 e. The number of hydrogen-bond acceptors (Lipinski definition) is 7. The van der Waals surface area contributed by atoms with Crippen molar-refractivity contribution in [1.29, 1.82) is 0 Å². The van der Waals surface area contributed by atoms with Gasteiger partial charge in [-0.2, -0.15) is 0 Å². The topological polar surface area (TPSA) is 125 Å². The maximum Gasteiger partial charge on any atom is 0.186 e. The molecular formula is C8H17NO6. The van der Waals surface area contributed by atoms with Crippen LogP contribution in [0.3, 0.4) is 0 Å². The quantitative estimate of drug-likeness (QED) is 0.339. The highest BCUT2D eigenvalue weighted by atomic mass is 16.7. The molecule has 1 fully saturated rings. The van der Waals surface area contributed by atoms with E-state index < -0.39 is 37.3 Å². The third-order valence-electron chi connectivity index (χ3n) is 2.25. The number of aliphatic hydroxyl groups is 4. The first kappa shape index (κ1) is 12.8. The van der Waals surface area contributed by atoms with Gasteiger partial charge in [0.1, 0.15) is 24.4 Å². The molecule has 1 rings (SSSR count). The summed E-state index contributed by atoms with van der Waals surface area (Å²) in [4.78, 5) is 0. The Kier molecular flexibility index (Phi) is 4.87. The summed E-state index contributed by atoms with van der Waals surface area (Å²) in [5.74, 6) is 0. The lowest BCUT2D eigenvalue weighted by atomic mass is 9.99. The summed E-state index contributed by atoms with van der Waals surface area (Å²) in [6.45, 7) is -0.0643. The highest BCUT2D eigenvalue weighted by Gasteiger charge is 2.43. The van der Waals surface area contributed by atoms with Crippen molar-refractivity contribution in [3.05, 3.63) is 0 Å². The van der Waals surface area contributed by atoms with Crippen LogP contribution in [0.4, 0.5) is 0 Å². The van der Waals surface area contributed by atoms with Gasteiger partial charge in [-0.25, -0.2) is 0 Å². The molecule has 90 valence electrons. The smallest absolute Gasteiger partial charge is 0.186 e. The predicted octanol–water partition coefficient (Wildman–Crippen LogP) is -3.24. The molecule has 1 saturated heterocycles. The summed E-state index contributed by atoms with van der Waals surface area (Å²) < 4.78 is 10.1. The monoisotopic (exact) mass is 223 g/mol. The second-order valence-electron chi connectivity index (χ2n) is 3.36. The Morgan fingerprint density at radius 2 is 1.80 bits per heavy atom. The summed E-state index contributed by atoms with van der Waals surface area (Å²) in [5, 5.41) is 37.1. The zero-order valence-electron chi connectivity index (χ0n) is 8.19. The van der Waals surface area contributed by atoms with Crippen molar-refractivity contribution in [2.75, 3.05) is 19.8 Å². The lowest BCUT2D eigenvalue weighted by molar-refractivity contribution is -0.300. The van der Waals surface area contributed by atoms with Crippen LogP contribution in [0.15, 0.2) is 0 Å². The van der Waals surface area contributed by atoms with E-state index in [9.17, 15) is 15.3 Å². The zero-order valence-corrected chi connectivity index (χ0v) is 8.19. The third-order valence-corrected chi connectivity index (χ3v) is 2.25. The van der Waals surface area contributed by atoms with E-state index in [0.717, 1.165) is 0 Å². The van der Waals surface area contributed by atoms with Crippen LogP contribution in [0.1, 0.15) is 0 Å². The van der Waals surface area contributed by atoms with E-state index >= 15 is 0 Å².